The Balaban J connectivity index is 3.52. The number of hydrogen-bond donors (Lipinski definition) is 1. The van der Waals surface area contributed by atoms with E-state index >= 15 is 0 Å². The molecule has 0 aliphatic carbocycles. The second-order valence-corrected chi connectivity index (χ2v) is 4.57. The van der Waals surface area contributed by atoms with Crippen molar-refractivity contribution in [1.29, 1.82) is 0 Å². The zero-order valence-corrected chi connectivity index (χ0v) is 12.3. The van der Waals surface area contributed by atoms with Crippen molar-refractivity contribution >= 4 is 18.0 Å². The monoisotopic (exact) mass is 355 g/mol. The summed E-state index contributed by atoms with van der Waals surface area (Å²) in [6.07, 6.45) is -9.38. The smallest absolute Gasteiger partial charge is 0.416 e. The average molecular weight is 355 g/mol. The molecule has 1 amide bonds. The molecule has 1 N–H and O–H groups in total. The molecule has 0 atom stereocenters. The molecule has 0 spiro atoms. The van der Waals surface area contributed by atoms with Gasteiger partial charge in [0.2, 0.25) is 5.91 Å². The van der Waals surface area contributed by atoms with Gasteiger partial charge in [0.15, 0.2) is 0 Å². The Kier molecular flexibility index (Phi) is 5.64. The van der Waals surface area contributed by atoms with Gasteiger partial charge in [-0.1, -0.05) is 0 Å². The molecule has 1 aromatic rings. The summed E-state index contributed by atoms with van der Waals surface area (Å²) in [4.78, 5) is 22.5. The molecule has 132 valence electrons. The van der Waals surface area contributed by atoms with E-state index in [2.05, 4.69) is 4.74 Å². The van der Waals surface area contributed by atoms with Crippen molar-refractivity contribution in [3.8, 4) is 0 Å². The number of ether oxygens (including phenoxy) is 1. The second-order valence-electron chi connectivity index (χ2n) is 4.57. The minimum Gasteiger partial charge on any atom is -0.464 e. The van der Waals surface area contributed by atoms with Crippen LogP contribution in [0.5, 0.6) is 0 Å². The van der Waals surface area contributed by atoms with Crippen molar-refractivity contribution in [1.82, 2.24) is 5.32 Å². The van der Waals surface area contributed by atoms with Crippen LogP contribution in [-0.4, -0.2) is 19.0 Å². The minimum atomic E-state index is -5.02. The Morgan fingerprint density at radius 2 is 1.46 bits per heavy atom. The number of rotatable bonds is 3. The van der Waals surface area contributed by atoms with E-state index in [1.54, 1.807) is 0 Å². The van der Waals surface area contributed by atoms with Gasteiger partial charge >= 0.3 is 18.3 Å². The number of methoxy groups -OCH3 is 1. The van der Waals surface area contributed by atoms with E-state index in [0.717, 1.165) is 14.0 Å². The van der Waals surface area contributed by atoms with Crippen LogP contribution in [0.15, 0.2) is 23.9 Å². The maximum Gasteiger partial charge on any atom is 0.416 e. The highest BCUT2D eigenvalue weighted by Gasteiger charge is 2.36. The van der Waals surface area contributed by atoms with E-state index in [1.165, 1.54) is 0 Å². The topological polar surface area (TPSA) is 55.4 Å². The highest BCUT2D eigenvalue weighted by molar-refractivity contribution is 5.97. The summed E-state index contributed by atoms with van der Waals surface area (Å²) in [5, 5.41) is 1.98. The molecule has 0 heterocycles. The third kappa shape index (κ3) is 5.28. The third-order valence-corrected chi connectivity index (χ3v) is 2.64. The zero-order valence-electron chi connectivity index (χ0n) is 12.3. The predicted molar refractivity (Wildman–Crippen MR) is 70.3 cm³/mol. The number of carbonyl (C=O) groups excluding carboxylic acids is 2. The number of nitrogens with one attached hydrogen (secondary N) is 1. The van der Waals surface area contributed by atoms with E-state index in [-0.39, 0.29) is 6.07 Å². The molecule has 0 bridgehead atoms. The first kappa shape index (κ1) is 19.5. The highest BCUT2D eigenvalue weighted by atomic mass is 19.4. The van der Waals surface area contributed by atoms with Crippen LogP contribution in [0.25, 0.3) is 6.08 Å². The van der Waals surface area contributed by atoms with Crippen molar-refractivity contribution in [2.45, 2.75) is 19.3 Å². The van der Waals surface area contributed by atoms with Gasteiger partial charge in [-0.25, -0.2) is 4.79 Å². The molecule has 10 heteroatoms. The van der Waals surface area contributed by atoms with E-state index in [4.69, 9.17) is 0 Å². The van der Waals surface area contributed by atoms with Gasteiger partial charge in [0.25, 0.3) is 0 Å². The predicted octanol–water partition coefficient (Wildman–Crippen LogP) is 3.37. The maximum atomic E-state index is 12.8. The number of esters is 1. The standard InChI is InChI=1S/C14H11F6NO3/c1-7(22)21-11(12(23)24-2)5-8-3-9(13(15,16)17)6-10(4-8)14(18,19)20/h3-6H,1-2H3,(H,21,22)/b11-5-. The van der Waals surface area contributed by atoms with Crippen LogP contribution in [-0.2, 0) is 26.7 Å². The summed E-state index contributed by atoms with van der Waals surface area (Å²) in [6.45, 7) is 1.00. The van der Waals surface area contributed by atoms with Gasteiger partial charge in [0.05, 0.1) is 18.2 Å². The lowest BCUT2D eigenvalue weighted by atomic mass is 10.0. The second kappa shape index (κ2) is 6.93. The van der Waals surface area contributed by atoms with Crippen LogP contribution in [0.2, 0.25) is 0 Å². The molecule has 24 heavy (non-hydrogen) atoms. The average Bonchev–Trinajstić information content (AvgIpc) is 2.43. The Hall–Kier alpha value is -2.52. The summed E-state index contributed by atoms with van der Waals surface area (Å²) >= 11 is 0. The van der Waals surface area contributed by atoms with Crippen LogP contribution in [0, 0.1) is 0 Å². The molecule has 0 saturated heterocycles. The third-order valence-electron chi connectivity index (χ3n) is 2.64. The minimum absolute atomic E-state index is 0.0481. The fourth-order valence-electron chi connectivity index (χ4n) is 1.67. The van der Waals surface area contributed by atoms with Crippen molar-refractivity contribution < 1.29 is 40.7 Å². The summed E-state index contributed by atoms with van der Waals surface area (Å²) in [5.74, 6) is -1.88. The fraction of sp³-hybridized carbons (Fsp3) is 0.286. The van der Waals surface area contributed by atoms with Crippen molar-refractivity contribution in [2.75, 3.05) is 7.11 Å². The largest absolute Gasteiger partial charge is 0.464 e. The summed E-state index contributed by atoms with van der Waals surface area (Å²) in [5.41, 5.74) is -4.27. The highest BCUT2D eigenvalue weighted by Crippen LogP contribution is 2.36. The van der Waals surface area contributed by atoms with Gasteiger partial charge in [-0.05, 0) is 29.8 Å². The number of hydrogen-bond acceptors (Lipinski definition) is 3. The van der Waals surface area contributed by atoms with Gasteiger partial charge in [-0.2, -0.15) is 26.3 Å². The maximum absolute atomic E-state index is 12.8. The van der Waals surface area contributed by atoms with Crippen LogP contribution in [0.3, 0.4) is 0 Å². The van der Waals surface area contributed by atoms with Crippen molar-refractivity contribution in [3.05, 3.63) is 40.6 Å². The molecule has 0 saturated carbocycles. The number of benzene rings is 1. The molecule has 4 nitrogen and oxygen atoms in total. The molecule has 0 fully saturated rings. The summed E-state index contributed by atoms with van der Waals surface area (Å²) in [6, 6.07) is 0.785. The van der Waals surface area contributed by atoms with Gasteiger partial charge < -0.3 is 10.1 Å². The van der Waals surface area contributed by atoms with E-state index in [9.17, 15) is 35.9 Å². The van der Waals surface area contributed by atoms with Crippen LogP contribution in [0.4, 0.5) is 26.3 Å². The Morgan fingerprint density at radius 3 is 1.79 bits per heavy atom. The molecule has 0 unspecified atom stereocenters. The number of alkyl halides is 6. The van der Waals surface area contributed by atoms with Crippen LogP contribution < -0.4 is 5.32 Å². The van der Waals surface area contributed by atoms with E-state index in [0.29, 0.717) is 18.2 Å². The van der Waals surface area contributed by atoms with E-state index < -0.39 is 46.6 Å². The summed E-state index contributed by atoms with van der Waals surface area (Å²) in [7, 11) is 0.936. The van der Waals surface area contributed by atoms with Gasteiger partial charge in [-0.15, -0.1) is 0 Å². The number of carbonyl (C=O) groups is 2. The lowest BCUT2D eigenvalue weighted by Gasteiger charge is -2.13. The van der Waals surface area contributed by atoms with Crippen LogP contribution in [0.1, 0.15) is 23.6 Å². The molecule has 0 aliphatic heterocycles. The lowest BCUT2D eigenvalue weighted by molar-refractivity contribution is -0.143. The molecule has 1 aromatic carbocycles. The molecule has 0 aromatic heterocycles. The molecule has 0 aliphatic rings. The SMILES string of the molecule is COC(=O)/C(=C/c1cc(C(F)(F)F)cc(C(F)(F)F)c1)NC(C)=O. The Labute approximate surface area is 132 Å². The first-order valence-electron chi connectivity index (χ1n) is 6.21. The van der Waals surface area contributed by atoms with Gasteiger partial charge in [-0.3, -0.25) is 4.79 Å². The Bertz CT molecular complexity index is 644. The van der Waals surface area contributed by atoms with Gasteiger partial charge in [0, 0.05) is 6.92 Å². The Morgan fingerprint density at radius 1 is 1.00 bits per heavy atom. The molecule has 0 radical (unpaired) electrons. The quantitative estimate of drug-likeness (QED) is 0.514. The first-order chi connectivity index (χ1) is 10.8. The van der Waals surface area contributed by atoms with Gasteiger partial charge in [0.1, 0.15) is 5.70 Å². The first-order valence-corrected chi connectivity index (χ1v) is 6.21. The fourth-order valence-corrected chi connectivity index (χ4v) is 1.67. The molecule has 1 rings (SSSR count). The molecular formula is C14H11F6NO3. The van der Waals surface area contributed by atoms with Crippen molar-refractivity contribution in [3.63, 3.8) is 0 Å². The van der Waals surface area contributed by atoms with Crippen molar-refractivity contribution in [2.24, 2.45) is 0 Å². The number of halogens is 6. The zero-order chi connectivity index (χ0) is 18.7. The normalized spacial score (nSPS) is 12.8. The molecular weight excluding hydrogens is 344 g/mol. The van der Waals surface area contributed by atoms with E-state index in [1.807, 2.05) is 5.32 Å². The lowest BCUT2D eigenvalue weighted by Crippen LogP contribution is -2.25. The van der Waals surface area contributed by atoms with Crippen LogP contribution >= 0.6 is 0 Å². The summed E-state index contributed by atoms with van der Waals surface area (Å²) < 4.78 is 80.9. The number of amides is 1.